The van der Waals surface area contributed by atoms with Gasteiger partial charge in [0.2, 0.25) is 11.7 Å². The Balaban J connectivity index is 1.51. The Kier molecular flexibility index (Phi) is 5.34. The van der Waals surface area contributed by atoms with E-state index in [0.29, 0.717) is 22.6 Å². The minimum Gasteiger partial charge on any atom is -0.339 e. The highest BCUT2D eigenvalue weighted by Crippen LogP contribution is 2.24. The van der Waals surface area contributed by atoms with Gasteiger partial charge in [0.25, 0.3) is 5.91 Å². The van der Waals surface area contributed by atoms with E-state index in [4.69, 9.17) is 4.52 Å². The molecule has 3 heterocycles. The molecule has 0 unspecified atom stereocenters. The molecule has 1 aromatic carbocycles. The summed E-state index contributed by atoms with van der Waals surface area (Å²) < 4.78 is 43.4. The van der Waals surface area contributed by atoms with Crippen molar-refractivity contribution in [3.05, 3.63) is 65.9 Å². The van der Waals surface area contributed by atoms with Gasteiger partial charge in [0.15, 0.2) is 0 Å². The number of benzene rings is 1. The number of fused-ring (bicyclic) bond motifs is 1. The van der Waals surface area contributed by atoms with E-state index in [-0.39, 0.29) is 17.6 Å². The normalized spacial score (nSPS) is 11.5. The number of hydrogen-bond acceptors (Lipinski definition) is 6. The topological polar surface area (TPSA) is 114 Å². The van der Waals surface area contributed by atoms with E-state index in [9.17, 15) is 22.8 Å². The van der Waals surface area contributed by atoms with Crippen LogP contribution in [0.5, 0.6) is 0 Å². The van der Waals surface area contributed by atoms with Crippen molar-refractivity contribution < 1.29 is 27.3 Å². The molecule has 0 atom stereocenters. The second-order valence-electron chi connectivity index (χ2n) is 6.75. The number of hydrogen-bond donors (Lipinski definition) is 2. The van der Waals surface area contributed by atoms with Crippen LogP contribution in [0.3, 0.4) is 0 Å². The van der Waals surface area contributed by atoms with Crippen molar-refractivity contribution in [1.82, 2.24) is 24.8 Å². The predicted octanol–water partition coefficient (Wildman–Crippen LogP) is 3.12. The fraction of sp³-hybridized carbons (Fsp3) is 0.150. The van der Waals surface area contributed by atoms with Crippen LogP contribution in [-0.4, -0.2) is 37.5 Å². The lowest BCUT2D eigenvalue weighted by atomic mass is 10.1. The molecule has 0 aliphatic heterocycles. The summed E-state index contributed by atoms with van der Waals surface area (Å²) in [5.74, 6) is -2.60. The summed E-state index contributed by atoms with van der Waals surface area (Å²) in [6.45, 7) is 1.22. The molecule has 12 heteroatoms. The lowest BCUT2D eigenvalue weighted by Crippen LogP contribution is -2.36. The molecule has 0 fully saturated rings. The van der Waals surface area contributed by atoms with Crippen LogP contribution < -0.4 is 10.6 Å². The molecule has 9 nitrogen and oxygen atoms in total. The summed E-state index contributed by atoms with van der Waals surface area (Å²) in [4.78, 5) is 31.9. The number of alkyl halides is 3. The van der Waals surface area contributed by atoms with E-state index >= 15 is 0 Å². The van der Waals surface area contributed by atoms with Gasteiger partial charge in [0.1, 0.15) is 11.3 Å². The second-order valence-corrected chi connectivity index (χ2v) is 6.75. The molecule has 0 radical (unpaired) electrons. The summed E-state index contributed by atoms with van der Waals surface area (Å²) in [6, 6.07) is 10.4. The third-order valence-corrected chi connectivity index (χ3v) is 4.52. The molecule has 0 aliphatic carbocycles. The first-order chi connectivity index (χ1) is 15.2. The zero-order chi connectivity index (χ0) is 22.9. The number of carbonyl (C=O) groups is 2. The van der Waals surface area contributed by atoms with E-state index < -0.39 is 18.6 Å². The number of aryl methyl sites for hydroxylation is 1. The number of carbonyl (C=O) groups excluding carboxylic acids is 2. The molecule has 0 saturated heterocycles. The Morgan fingerprint density at radius 3 is 2.78 bits per heavy atom. The Morgan fingerprint density at radius 1 is 1.19 bits per heavy atom. The van der Waals surface area contributed by atoms with Crippen LogP contribution in [-0.2, 0) is 11.3 Å². The molecule has 4 aromatic rings. The van der Waals surface area contributed by atoms with Gasteiger partial charge >= 0.3 is 12.1 Å². The molecule has 2 amide bonds. The quantitative estimate of drug-likeness (QED) is 0.489. The van der Waals surface area contributed by atoms with Gasteiger partial charge in [-0.3, -0.25) is 14.0 Å². The van der Waals surface area contributed by atoms with Gasteiger partial charge in [-0.25, -0.2) is 4.98 Å². The van der Waals surface area contributed by atoms with Gasteiger partial charge < -0.3 is 15.2 Å². The van der Waals surface area contributed by atoms with Crippen molar-refractivity contribution in [3.8, 4) is 11.4 Å². The van der Waals surface area contributed by atoms with Crippen molar-refractivity contribution >= 4 is 23.1 Å². The molecule has 0 bridgehead atoms. The van der Waals surface area contributed by atoms with Gasteiger partial charge in [-0.1, -0.05) is 23.4 Å². The average Bonchev–Trinajstić information content (AvgIpc) is 3.40. The van der Waals surface area contributed by atoms with Gasteiger partial charge in [-0.2, -0.15) is 18.2 Å². The first-order valence-electron chi connectivity index (χ1n) is 9.24. The van der Waals surface area contributed by atoms with Crippen molar-refractivity contribution in [1.29, 1.82) is 0 Å². The number of pyridine rings is 1. The Morgan fingerprint density at radius 2 is 2.00 bits per heavy atom. The lowest BCUT2D eigenvalue weighted by molar-refractivity contribution is -0.173. The summed E-state index contributed by atoms with van der Waals surface area (Å²) in [6.07, 6.45) is -1.82. The second kappa shape index (κ2) is 8.13. The van der Waals surface area contributed by atoms with Crippen molar-refractivity contribution in [2.75, 3.05) is 5.32 Å². The van der Waals surface area contributed by atoms with Gasteiger partial charge in [0.05, 0.1) is 12.7 Å². The number of nitrogens with one attached hydrogen (secondary N) is 2. The summed E-state index contributed by atoms with van der Waals surface area (Å²) in [5.41, 5.74) is 2.67. The molecule has 4 rings (SSSR count). The molecule has 3 aromatic heterocycles. The summed E-state index contributed by atoms with van der Waals surface area (Å²) in [5, 5.41) is 8.19. The molecule has 0 saturated carbocycles. The van der Waals surface area contributed by atoms with Crippen LogP contribution in [0.2, 0.25) is 0 Å². The van der Waals surface area contributed by atoms with Gasteiger partial charge in [-0.15, -0.1) is 0 Å². The van der Waals surface area contributed by atoms with Crippen LogP contribution in [0.1, 0.15) is 21.9 Å². The highest BCUT2D eigenvalue weighted by atomic mass is 19.4. The molecule has 0 aliphatic rings. The van der Waals surface area contributed by atoms with Crippen molar-refractivity contribution in [3.63, 3.8) is 0 Å². The largest absolute Gasteiger partial charge is 0.471 e. The molecule has 0 spiro atoms. The van der Waals surface area contributed by atoms with Crippen LogP contribution in [0.25, 0.3) is 17.0 Å². The number of aromatic nitrogens is 4. The van der Waals surface area contributed by atoms with E-state index in [1.54, 1.807) is 53.2 Å². The zero-order valence-electron chi connectivity index (χ0n) is 16.5. The zero-order valence-corrected chi connectivity index (χ0v) is 16.5. The number of rotatable bonds is 5. The lowest BCUT2D eigenvalue weighted by Gasteiger charge is -2.09. The predicted molar refractivity (Wildman–Crippen MR) is 106 cm³/mol. The van der Waals surface area contributed by atoms with Crippen molar-refractivity contribution in [2.45, 2.75) is 19.6 Å². The fourth-order valence-electron chi connectivity index (χ4n) is 2.88. The number of halogens is 3. The van der Waals surface area contributed by atoms with Crippen LogP contribution in [0.4, 0.5) is 18.9 Å². The van der Waals surface area contributed by atoms with Gasteiger partial charge in [-0.05, 0) is 30.7 Å². The minimum absolute atomic E-state index is 0.0894. The van der Waals surface area contributed by atoms with E-state index in [1.807, 2.05) is 6.07 Å². The van der Waals surface area contributed by atoms with E-state index in [1.165, 1.54) is 6.20 Å². The van der Waals surface area contributed by atoms with Crippen LogP contribution in [0, 0.1) is 6.92 Å². The Bertz CT molecular complexity index is 1310. The maximum Gasteiger partial charge on any atom is 0.471 e. The number of amides is 2. The SMILES string of the molecule is Cc1ccc(-c2noc(CNC(=O)C(F)(F)F)n2)cc1NC(=O)c1cnc2ccccn12. The summed E-state index contributed by atoms with van der Waals surface area (Å²) in [7, 11) is 0. The molecular formula is C20H15F3N6O3. The highest BCUT2D eigenvalue weighted by molar-refractivity contribution is 6.04. The Labute approximate surface area is 178 Å². The molecule has 164 valence electrons. The van der Waals surface area contributed by atoms with Gasteiger partial charge in [0, 0.05) is 17.4 Å². The molecule has 32 heavy (non-hydrogen) atoms. The highest BCUT2D eigenvalue weighted by Gasteiger charge is 2.38. The maximum atomic E-state index is 12.8. The average molecular weight is 444 g/mol. The Hall–Kier alpha value is -4.22. The monoisotopic (exact) mass is 444 g/mol. The standard InChI is InChI=1S/C20H15F3N6O3/c1-11-5-6-12(17-27-16(32-28-17)10-25-19(31)20(21,22)23)8-13(11)26-18(30)14-9-24-15-4-2-3-7-29(14)15/h2-9H,10H2,1H3,(H,25,31)(H,26,30). The molecule has 2 N–H and O–H groups in total. The van der Waals surface area contributed by atoms with Crippen LogP contribution in [0.15, 0.2) is 53.3 Å². The summed E-state index contributed by atoms with van der Waals surface area (Å²) >= 11 is 0. The molecular weight excluding hydrogens is 429 g/mol. The number of nitrogens with zero attached hydrogens (tertiary/aromatic N) is 4. The third-order valence-electron chi connectivity index (χ3n) is 4.52. The van der Waals surface area contributed by atoms with E-state index in [2.05, 4.69) is 20.4 Å². The third kappa shape index (κ3) is 4.29. The number of imidazole rings is 1. The van der Waals surface area contributed by atoms with Crippen molar-refractivity contribution in [2.24, 2.45) is 0 Å². The fourth-order valence-corrected chi connectivity index (χ4v) is 2.88. The first-order valence-corrected chi connectivity index (χ1v) is 9.24. The first kappa shape index (κ1) is 21.0. The maximum absolute atomic E-state index is 12.8. The number of anilines is 1. The van der Waals surface area contributed by atoms with E-state index in [0.717, 1.165) is 5.56 Å². The minimum atomic E-state index is -5.01. The smallest absolute Gasteiger partial charge is 0.339 e. The van der Waals surface area contributed by atoms with Crippen LogP contribution >= 0.6 is 0 Å².